The molecule has 3 aromatic rings. The van der Waals surface area contributed by atoms with Crippen LogP contribution in [0.25, 0.3) is 11.3 Å². The fourth-order valence-corrected chi connectivity index (χ4v) is 4.40. The lowest BCUT2D eigenvalue weighted by molar-refractivity contribution is 0.143. The molecule has 1 aliphatic rings. The highest BCUT2D eigenvalue weighted by molar-refractivity contribution is 7.09. The molecule has 1 N–H and O–H groups in total. The van der Waals surface area contributed by atoms with Gasteiger partial charge in [0.15, 0.2) is 0 Å². The minimum absolute atomic E-state index is 0.0912. The summed E-state index contributed by atoms with van der Waals surface area (Å²) in [5.41, 5.74) is 2.73. The standard InChI is InChI=1S/C22H23ClN4O2S/c1-29-19-7-2-4-16(12-19)20-15-30-21(25-20)14-26-8-10-27(11-9-26)22(28)24-18-6-3-5-17(23)13-18/h2-7,12-13,15H,8-11,14H2,1H3,(H,24,28). The quantitative estimate of drug-likeness (QED) is 0.615. The van der Waals surface area contributed by atoms with Gasteiger partial charge in [0, 0.05) is 47.8 Å². The predicted octanol–water partition coefficient (Wildman–Crippen LogP) is 4.82. The Morgan fingerprint density at radius 3 is 2.73 bits per heavy atom. The predicted molar refractivity (Wildman–Crippen MR) is 121 cm³/mol. The van der Waals surface area contributed by atoms with Gasteiger partial charge in [0.2, 0.25) is 0 Å². The van der Waals surface area contributed by atoms with Crippen LogP contribution in [0.4, 0.5) is 10.5 Å². The minimum atomic E-state index is -0.0912. The Labute approximate surface area is 185 Å². The number of piperazine rings is 1. The van der Waals surface area contributed by atoms with Gasteiger partial charge in [-0.1, -0.05) is 29.8 Å². The summed E-state index contributed by atoms with van der Waals surface area (Å²) in [5.74, 6) is 0.828. The molecule has 6 nitrogen and oxygen atoms in total. The lowest BCUT2D eigenvalue weighted by Gasteiger charge is -2.34. The summed E-state index contributed by atoms with van der Waals surface area (Å²) >= 11 is 7.65. The zero-order valence-electron chi connectivity index (χ0n) is 16.7. The van der Waals surface area contributed by atoms with Crippen LogP contribution in [0.3, 0.4) is 0 Å². The van der Waals surface area contributed by atoms with Crippen molar-refractivity contribution in [1.29, 1.82) is 0 Å². The van der Waals surface area contributed by atoms with Crippen LogP contribution in [0.5, 0.6) is 5.75 Å². The molecule has 0 bridgehead atoms. The SMILES string of the molecule is COc1cccc(-c2csc(CN3CCN(C(=O)Nc4cccc(Cl)c4)CC3)n2)c1. The number of carbonyl (C=O) groups is 1. The van der Waals surface area contributed by atoms with Crippen molar-refractivity contribution < 1.29 is 9.53 Å². The number of carbonyl (C=O) groups excluding carboxylic acids is 1. The van der Waals surface area contributed by atoms with Crippen molar-refractivity contribution in [2.45, 2.75) is 6.54 Å². The van der Waals surface area contributed by atoms with E-state index < -0.39 is 0 Å². The Bertz CT molecular complexity index is 1020. The fraction of sp³-hybridized carbons (Fsp3) is 0.273. The van der Waals surface area contributed by atoms with E-state index in [1.807, 2.05) is 41.3 Å². The molecule has 0 unspecified atom stereocenters. The number of hydrogen-bond acceptors (Lipinski definition) is 5. The van der Waals surface area contributed by atoms with Gasteiger partial charge in [-0.2, -0.15) is 0 Å². The second-order valence-electron chi connectivity index (χ2n) is 7.06. The van der Waals surface area contributed by atoms with Gasteiger partial charge in [0.1, 0.15) is 10.8 Å². The van der Waals surface area contributed by atoms with Crippen molar-refractivity contribution in [3.05, 3.63) is 63.9 Å². The first kappa shape index (κ1) is 20.7. The third-order valence-corrected chi connectivity index (χ3v) is 6.08. The molecule has 0 radical (unpaired) electrons. The Hall–Kier alpha value is -2.61. The molecule has 2 amide bonds. The van der Waals surface area contributed by atoms with Gasteiger partial charge in [-0.25, -0.2) is 9.78 Å². The average Bonchev–Trinajstić information content (AvgIpc) is 3.23. The number of methoxy groups -OCH3 is 1. The number of amides is 2. The zero-order chi connectivity index (χ0) is 20.9. The van der Waals surface area contributed by atoms with E-state index in [4.69, 9.17) is 21.3 Å². The number of halogens is 1. The Kier molecular flexibility index (Phi) is 6.52. The number of rotatable bonds is 5. The number of nitrogens with one attached hydrogen (secondary N) is 1. The first-order valence-electron chi connectivity index (χ1n) is 9.73. The second kappa shape index (κ2) is 9.47. The number of nitrogens with zero attached hydrogens (tertiary/aromatic N) is 3. The lowest BCUT2D eigenvalue weighted by Crippen LogP contribution is -2.49. The summed E-state index contributed by atoms with van der Waals surface area (Å²) in [6, 6.07) is 15.0. The van der Waals surface area contributed by atoms with E-state index in [9.17, 15) is 4.79 Å². The molecule has 2 heterocycles. The monoisotopic (exact) mass is 442 g/mol. The number of hydrogen-bond donors (Lipinski definition) is 1. The van der Waals surface area contributed by atoms with Crippen LogP contribution >= 0.6 is 22.9 Å². The third kappa shape index (κ3) is 5.11. The smallest absolute Gasteiger partial charge is 0.321 e. The summed E-state index contributed by atoms with van der Waals surface area (Å²) < 4.78 is 5.30. The first-order chi connectivity index (χ1) is 14.6. The van der Waals surface area contributed by atoms with Gasteiger partial charge >= 0.3 is 6.03 Å². The molecule has 1 aromatic heterocycles. The summed E-state index contributed by atoms with van der Waals surface area (Å²) in [6.45, 7) is 3.79. The summed E-state index contributed by atoms with van der Waals surface area (Å²) in [5, 5.41) is 6.67. The van der Waals surface area contributed by atoms with Crippen molar-refractivity contribution >= 4 is 34.7 Å². The number of benzene rings is 2. The largest absolute Gasteiger partial charge is 0.497 e. The highest BCUT2D eigenvalue weighted by atomic mass is 35.5. The van der Waals surface area contributed by atoms with Crippen molar-refractivity contribution in [1.82, 2.24) is 14.8 Å². The van der Waals surface area contributed by atoms with Gasteiger partial charge in [-0.15, -0.1) is 11.3 Å². The molecule has 8 heteroatoms. The van der Waals surface area contributed by atoms with E-state index in [-0.39, 0.29) is 6.03 Å². The van der Waals surface area contributed by atoms with E-state index in [2.05, 4.69) is 15.6 Å². The number of urea groups is 1. The molecular weight excluding hydrogens is 420 g/mol. The zero-order valence-corrected chi connectivity index (χ0v) is 18.2. The van der Waals surface area contributed by atoms with Gasteiger partial charge in [-0.05, 0) is 30.3 Å². The van der Waals surface area contributed by atoms with Crippen LogP contribution in [-0.2, 0) is 6.54 Å². The molecule has 0 spiro atoms. The normalized spacial score (nSPS) is 14.5. The average molecular weight is 443 g/mol. The minimum Gasteiger partial charge on any atom is -0.497 e. The summed E-state index contributed by atoms with van der Waals surface area (Å²) in [6.07, 6.45) is 0. The van der Waals surface area contributed by atoms with E-state index in [0.717, 1.165) is 41.6 Å². The van der Waals surface area contributed by atoms with Crippen LogP contribution in [0.1, 0.15) is 5.01 Å². The van der Waals surface area contributed by atoms with E-state index >= 15 is 0 Å². The molecule has 0 atom stereocenters. The topological polar surface area (TPSA) is 57.7 Å². The molecule has 2 aromatic carbocycles. The molecular formula is C22H23ClN4O2S. The highest BCUT2D eigenvalue weighted by Gasteiger charge is 2.22. The molecule has 1 aliphatic heterocycles. The highest BCUT2D eigenvalue weighted by Crippen LogP contribution is 2.26. The van der Waals surface area contributed by atoms with Crippen molar-refractivity contribution in [3.63, 3.8) is 0 Å². The van der Waals surface area contributed by atoms with Crippen LogP contribution in [0.15, 0.2) is 53.9 Å². The molecule has 1 fully saturated rings. The second-order valence-corrected chi connectivity index (χ2v) is 8.44. The maximum atomic E-state index is 12.5. The Morgan fingerprint density at radius 2 is 1.97 bits per heavy atom. The van der Waals surface area contributed by atoms with E-state index in [1.165, 1.54) is 0 Å². The van der Waals surface area contributed by atoms with Crippen LogP contribution in [0, 0.1) is 0 Å². The van der Waals surface area contributed by atoms with Crippen molar-refractivity contribution in [2.24, 2.45) is 0 Å². The molecule has 0 saturated carbocycles. The maximum Gasteiger partial charge on any atom is 0.321 e. The summed E-state index contributed by atoms with van der Waals surface area (Å²) in [7, 11) is 1.67. The summed E-state index contributed by atoms with van der Waals surface area (Å²) in [4.78, 5) is 21.4. The van der Waals surface area contributed by atoms with Crippen LogP contribution in [0.2, 0.25) is 5.02 Å². The van der Waals surface area contributed by atoms with Gasteiger partial charge < -0.3 is 15.0 Å². The van der Waals surface area contributed by atoms with E-state index in [0.29, 0.717) is 23.8 Å². The number of aromatic nitrogens is 1. The molecule has 4 rings (SSSR count). The Balaban J connectivity index is 1.30. The number of thiazole rings is 1. The maximum absolute atomic E-state index is 12.5. The fourth-order valence-electron chi connectivity index (χ4n) is 3.37. The van der Waals surface area contributed by atoms with Gasteiger partial charge in [-0.3, -0.25) is 4.90 Å². The van der Waals surface area contributed by atoms with E-state index in [1.54, 1.807) is 30.6 Å². The van der Waals surface area contributed by atoms with Crippen molar-refractivity contribution in [2.75, 3.05) is 38.6 Å². The number of ether oxygens (including phenoxy) is 1. The lowest BCUT2D eigenvalue weighted by atomic mass is 10.2. The van der Waals surface area contributed by atoms with Gasteiger partial charge in [0.25, 0.3) is 0 Å². The van der Waals surface area contributed by atoms with Crippen LogP contribution in [-0.4, -0.2) is 54.1 Å². The molecule has 156 valence electrons. The molecule has 30 heavy (non-hydrogen) atoms. The van der Waals surface area contributed by atoms with Crippen molar-refractivity contribution in [3.8, 4) is 17.0 Å². The van der Waals surface area contributed by atoms with Crippen LogP contribution < -0.4 is 10.1 Å². The molecule has 1 saturated heterocycles. The van der Waals surface area contributed by atoms with Gasteiger partial charge in [0.05, 0.1) is 19.3 Å². The molecule has 0 aliphatic carbocycles. The Morgan fingerprint density at radius 1 is 1.17 bits per heavy atom. The first-order valence-corrected chi connectivity index (χ1v) is 11.0. The number of anilines is 1. The third-order valence-electron chi connectivity index (χ3n) is 5.01.